The van der Waals surface area contributed by atoms with Crippen molar-refractivity contribution in [2.45, 2.75) is 20.8 Å². The molecule has 0 unspecified atom stereocenters. The second-order valence-electron chi connectivity index (χ2n) is 7.04. The molecule has 0 atom stereocenters. The number of rotatable bonds is 5. The van der Waals surface area contributed by atoms with E-state index in [9.17, 15) is 4.79 Å². The molecule has 6 heteroatoms. The molecule has 1 aromatic heterocycles. The Balaban J connectivity index is 2.00. The highest BCUT2D eigenvalue weighted by Crippen LogP contribution is 2.25. The van der Waals surface area contributed by atoms with Gasteiger partial charge in [0.05, 0.1) is 0 Å². The summed E-state index contributed by atoms with van der Waals surface area (Å²) in [6.07, 6.45) is 1.70. The van der Waals surface area contributed by atoms with Crippen LogP contribution in [-0.2, 0) is 0 Å². The Labute approximate surface area is 161 Å². The summed E-state index contributed by atoms with van der Waals surface area (Å²) in [5, 5.41) is 0. The molecule has 0 spiro atoms. The molecule has 1 saturated heterocycles. The summed E-state index contributed by atoms with van der Waals surface area (Å²) in [4.78, 5) is 28.6. The first kappa shape index (κ1) is 19.3. The molecule has 27 heavy (non-hydrogen) atoms. The van der Waals surface area contributed by atoms with Crippen LogP contribution in [0.3, 0.4) is 0 Å². The molecule has 1 aliphatic rings. The average molecular weight is 367 g/mol. The fourth-order valence-corrected chi connectivity index (χ4v) is 3.31. The minimum atomic E-state index is -0.0267. The van der Waals surface area contributed by atoms with Crippen molar-refractivity contribution in [3.63, 3.8) is 0 Å². The van der Waals surface area contributed by atoms with Crippen molar-refractivity contribution < 1.29 is 4.79 Å². The first-order chi connectivity index (χ1) is 13.0. The third kappa shape index (κ3) is 4.27. The van der Waals surface area contributed by atoms with E-state index < -0.39 is 0 Å². The van der Waals surface area contributed by atoms with Crippen LogP contribution in [0.1, 0.15) is 29.8 Å². The molecule has 6 nitrogen and oxygen atoms in total. The van der Waals surface area contributed by atoms with Gasteiger partial charge >= 0.3 is 0 Å². The summed E-state index contributed by atoms with van der Waals surface area (Å²) >= 11 is 0. The first-order valence-electron chi connectivity index (χ1n) is 9.70. The fourth-order valence-electron chi connectivity index (χ4n) is 3.31. The largest absolute Gasteiger partial charge is 0.353 e. The summed E-state index contributed by atoms with van der Waals surface area (Å²) in [5.74, 6) is 1.39. The number of anilines is 1. The van der Waals surface area contributed by atoms with Gasteiger partial charge in [0.1, 0.15) is 11.4 Å². The summed E-state index contributed by atoms with van der Waals surface area (Å²) < 4.78 is 0. The van der Waals surface area contributed by atoms with Gasteiger partial charge in [0.2, 0.25) is 0 Å². The van der Waals surface area contributed by atoms with Gasteiger partial charge in [0.15, 0.2) is 5.82 Å². The maximum Gasteiger partial charge on any atom is 0.258 e. The van der Waals surface area contributed by atoms with E-state index in [1.807, 2.05) is 26.1 Å². The van der Waals surface area contributed by atoms with Crippen molar-refractivity contribution in [2.75, 3.05) is 51.2 Å². The molecule has 144 valence electrons. The number of carbonyl (C=O) groups excluding carboxylic acids is 1. The number of carbonyl (C=O) groups is 1. The number of piperazine rings is 1. The van der Waals surface area contributed by atoms with Crippen LogP contribution in [0.4, 0.5) is 5.82 Å². The van der Waals surface area contributed by atoms with Crippen LogP contribution in [0.25, 0.3) is 11.4 Å². The van der Waals surface area contributed by atoms with Gasteiger partial charge in [-0.15, -0.1) is 0 Å². The highest BCUT2D eigenvalue weighted by Gasteiger charge is 2.25. The lowest BCUT2D eigenvalue weighted by molar-refractivity contribution is 0.0802. The summed E-state index contributed by atoms with van der Waals surface area (Å²) in [7, 11) is 1.82. The van der Waals surface area contributed by atoms with Crippen molar-refractivity contribution in [2.24, 2.45) is 0 Å². The van der Waals surface area contributed by atoms with Crippen molar-refractivity contribution in [1.29, 1.82) is 0 Å². The van der Waals surface area contributed by atoms with E-state index in [2.05, 4.69) is 40.8 Å². The van der Waals surface area contributed by atoms with Gasteiger partial charge in [-0.3, -0.25) is 4.79 Å². The molecule has 1 aromatic carbocycles. The van der Waals surface area contributed by atoms with Gasteiger partial charge in [-0.1, -0.05) is 30.7 Å². The van der Waals surface area contributed by atoms with Crippen LogP contribution in [0, 0.1) is 6.92 Å². The Morgan fingerprint density at radius 3 is 2.56 bits per heavy atom. The van der Waals surface area contributed by atoms with Crippen LogP contribution < -0.4 is 4.90 Å². The molecule has 1 fully saturated rings. The van der Waals surface area contributed by atoms with E-state index in [0.29, 0.717) is 17.9 Å². The Morgan fingerprint density at radius 2 is 1.93 bits per heavy atom. The Hall–Kier alpha value is -2.47. The van der Waals surface area contributed by atoms with Crippen LogP contribution in [0.15, 0.2) is 30.5 Å². The summed E-state index contributed by atoms with van der Waals surface area (Å²) in [6.45, 7) is 11.6. The maximum absolute atomic E-state index is 12.9. The Morgan fingerprint density at radius 1 is 1.19 bits per heavy atom. The van der Waals surface area contributed by atoms with Crippen molar-refractivity contribution >= 4 is 11.7 Å². The van der Waals surface area contributed by atoms with Crippen molar-refractivity contribution in [1.82, 2.24) is 19.8 Å². The molecule has 0 radical (unpaired) electrons. The van der Waals surface area contributed by atoms with E-state index in [0.717, 1.165) is 44.1 Å². The van der Waals surface area contributed by atoms with E-state index in [-0.39, 0.29) is 5.91 Å². The van der Waals surface area contributed by atoms with E-state index >= 15 is 0 Å². The molecular weight excluding hydrogens is 338 g/mol. The zero-order valence-corrected chi connectivity index (χ0v) is 16.8. The second kappa shape index (κ2) is 8.48. The van der Waals surface area contributed by atoms with E-state index in [1.54, 1.807) is 11.1 Å². The zero-order valence-electron chi connectivity index (χ0n) is 16.8. The predicted molar refractivity (Wildman–Crippen MR) is 109 cm³/mol. The molecule has 0 aliphatic carbocycles. The third-order valence-electron chi connectivity index (χ3n) is 5.22. The molecule has 1 aliphatic heterocycles. The fraction of sp³-hybridized carbons (Fsp3) is 0.476. The average Bonchev–Trinajstić information content (AvgIpc) is 2.72. The molecular formula is C21H29N5O. The number of nitrogens with zero attached hydrogens (tertiary/aromatic N) is 5. The number of benzene rings is 1. The normalized spacial score (nSPS) is 15.0. The van der Waals surface area contributed by atoms with E-state index in [4.69, 9.17) is 4.98 Å². The number of aryl methyl sites for hydroxylation is 1. The van der Waals surface area contributed by atoms with Gasteiger partial charge in [-0.2, -0.15) is 0 Å². The first-order valence-corrected chi connectivity index (χ1v) is 9.70. The summed E-state index contributed by atoms with van der Waals surface area (Å²) in [6, 6.07) is 8.16. The number of likely N-dealkylation sites (N-methyl/N-ethyl adjacent to an activating group) is 1. The topological polar surface area (TPSA) is 52.6 Å². The van der Waals surface area contributed by atoms with Gasteiger partial charge in [0.25, 0.3) is 5.91 Å². The molecule has 1 amide bonds. The Kier molecular flexibility index (Phi) is 6.06. The lowest BCUT2D eigenvalue weighted by Gasteiger charge is -2.35. The van der Waals surface area contributed by atoms with Gasteiger partial charge in [-0.25, -0.2) is 9.97 Å². The minimum absolute atomic E-state index is 0.0267. The van der Waals surface area contributed by atoms with Crippen LogP contribution in [0.5, 0.6) is 0 Å². The number of hydrogen-bond acceptors (Lipinski definition) is 5. The smallest absolute Gasteiger partial charge is 0.258 e. The highest BCUT2D eigenvalue weighted by molar-refractivity contribution is 5.98. The third-order valence-corrected chi connectivity index (χ3v) is 5.22. The predicted octanol–water partition coefficient (Wildman–Crippen LogP) is 2.69. The van der Waals surface area contributed by atoms with Gasteiger partial charge in [-0.05, 0) is 26.5 Å². The molecule has 0 bridgehead atoms. The number of aromatic nitrogens is 2. The second-order valence-corrected chi connectivity index (χ2v) is 7.04. The minimum Gasteiger partial charge on any atom is -0.353 e. The SMILES string of the molecule is CCN1CCN(c2nc(-c3cccc(C)c3)ncc2C(=O)N(C)CC)CC1. The molecule has 3 rings (SSSR count). The van der Waals surface area contributed by atoms with Crippen molar-refractivity contribution in [3.8, 4) is 11.4 Å². The lowest BCUT2D eigenvalue weighted by Crippen LogP contribution is -2.47. The quantitative estimate of drug-likeness (QED) is 0.813. The summed E-state index contributed by atoms with van der Waals surface area (Å²) in [5.41, 5.74) is 2.73. The van der Waals surface area contributed by atoms with Gasteiger partial charge < -0.3 is 14.7 Å². The van der Waals surface area contributed by atoms with Crippen molar-refractivity contribution in [3.05, 3.63) is 41.6 Å². The number of amides is 1. The standard InChI is InChI=1S/C21H29N5O/c1-5-24(4)21(27)18-15-22-19(17-9-7-8-16(3)14-17)23-20(18)26-12-10-25(6-2)11-13-26/h7-9,14-15H,5-6,10-13H2,1-4H3. The maximum atomic E-state index is 12.9. The van der Waals surface area contributed by atoms with Crippen LogP contribution >= 0.6 is 0 Å². The van der Waals surface area contributed by atoms with Crippen LogP contribution in [-0.4, -0.2) is 72.0 Å². The molecule has 0 N–H and O–H groups in total. The molecule has 0 saturated carbocycles. The van der Waals surface area contributed by atoms with E-state index in [1.165, 1.54) is 5.56 Å². The Bertz CT molecular complexity index is 799. The molecule has 2 aromatic rings. The zero-order chi connectivity index (χ0) is 19.4. The van der Waals surface area contributed by atoms with Gasteiger partial charge in [0, 0.05) is 51.5 Å². The van der Waals surface area contributed by atoms with Crippen LogP contribution in [0.2, 0.25) is 0 Å². The monoisotopic (exact) mass is 367 g/mol. The number of hydrogen-bond donors (Lipinski definition) is 0. The highest BCUT2D eigenvalue weighted by atomic mass is 16.2. The lowest BCUT2D eigenvalue weighted by atomic mass is 10.1. The molecule has 2 heterocycles.